The molecule has 1 saturated carbocycles. The highest BCUT2D eigenvalue weighted by molar-refractivity contribution is 7.97. The molecule has 156 valence electrons. The third-order valence-electron chi connectivity index (χ3n) is 5.28. The predicted molar refractivity (Wildman–Crippen MR) is 121 cm³/mol. The number of carbonyl (C=O) groups is 1. The van der Waals surface area contributed by atoms with E-state index in [9.17, 15) is 9.00 Å². The summed E-state index contributed by atoms with van der Waals surface area (Å²) in [5.41, 5.74) is 1.73. The molecule has 0 spiro atoms. The quantitative estimate of drug-likeness (QED) is 0.609. The van der Waals surface area contributed by atoms with Crippen molar-refractivity contribution in [3.05, 3.63) is 46.9 Å². The van der Waals surface area contributed by atoms with Crippen LogP contribution in [0.25, 0.3) is 0 Å². The van der Waals surface area contributed by atoms with Gasteiger partial charge in [0.15, 0.2) is 5.82 Å². The Morgan fingerprint density at radius 3 is 2.66 bits per heavy atom. The van der Waals surface area contributed by atoms with Gasteiger partial charge in [-0.25, -0.2) is 4.98 Å². The van der Waals surface area contributed by atoms with E-state index in [2.05, 4.69) is 15.3 Å². The number of anilines is 1. The average Bonchev–Trinajstić information content (AvgIpc) is 3.20. The lowest BCUT2D eigenvalue weighted by Gasteiger charge is -2.21. The summed E-state index contributed by atoms with van der Waals surface area (Å²) in [6, 6.07) is 5.42. The van der Waals surface area contributed by atoms with Crippen LogP contribution in [0.2, 0.25) is 5.02 Å². The maximum absolute atomic E-state index is 13.2. The number of nitrogens with one attached hydrogen (secondary N) is 1. The molecular formula is C21H26ClN3O2S2. The molecule has 1 aliphatic rings. The van der Waals surface area contributed by atoms with E-state index in [0.717, 1.165) is 36.3 Å². The van der Waals surface area contributed by atoms with Crippen molar-refractivity contribution < 1.29 is 9.00 Å². The minimum Gasteiger partial charge on any atom is -0.309 e. The summed E-state index contributed by atoms with van der Waals surface area (Å²) in [4.78, 5) is 22.4. The lowest BCUT2D eigenvalue weighted by atomic mass is 9.87. The Kier molecular flexibility index (Phi) is 8.09. The van der Waals surface area contributed by atoms with Gasteiger partial charge in [-0.3, -0.25) is 14.0 Å². The van der Waals surface area contributed by atoms with Gasteiger partial charge in [-0.1, -0.05) is 43.4 Å². The van der Waals surface area contributed by atoms with Crippen LogP contribution in [-0.4, -0.2) is 32.6 Å². The first-order chi connectivity index (χ1) is 14.0. The largest absolute Gasteiger partial charge is 0.309 e. The Balaban J connectivity index is 1.81. The van der Waals surface area contributed by atoms with Crippen molar-refractivity contribution in [3.8, 4) is 0 Å². The smallest absolute Gasteiger partial charge is 0.233 e. The summed E-state index contributed by atoms with van der Waals surface area (Å²) in [5, 5.41) is 3.36. The minimum absolute atomic E-state index is 0.106. The number of aromatic nitrogens is 2. The fourth-order valence-corrected chi connectivity index (χ4v) is 5.35. The first-order valence-electron chi connectivity index (χ1n) is 9.71. The van der Waals surface area contributed by atoms with Crippen LogP contribution in [0.1, 0.15) is 49.3 Å². The van der Waals surface area contributed by atoms with E-state index in [-0.39, 0.29) is 11.8 Å². The Hall–Kier alpha value is -1.44. The first-order valence-corrected chi connectivity index (χ1v) is 13.0. The fourth-order valence-electron chi connectivity index (χ4n) is 3.80. The molecule has 8 heteroatoms. The number of amides is 1. The summed E-state index contributed by atoms with van der Waals surface area (Å²) in [6.45, 7) is 0. The Bertz CT molecular complexity index is 871. The highest BCUT2D eigenvalue weighted by atomic mass is 35.5. The number of thioether (sulfide) groups is 1. The maximum atomic E-state index is 13.2. The summed E-state index contributed by atoms with van der Waals surface area (Å²) >= 11 is 8.02. The van der Waals surface area contributed by atoms with Crippen molar-refractivity contribution in [1.82, 2.24) is 9.97 Å². The predicted octanol–water partition coefficient (Wildman–Crippen LogP) is 5.03. The van der Waals surface area contributed by atoms with Crippen LogP contribution >= 0.6 is 23.4 Å². The fraction of sp³-hybridized carbons (Fsp3) is 0.476. The molecule has 29 heavy (non-hydrogen) atoms. The zero-order valence-electron chi connectivity index (χ0n) is 16.7. The Morgan fingerprint density at radius 1 is 1.31 bits per heavy atom. The normalized spacial score (nSPS) is 16.5. The van der Waals surface area contributed by atoms with E-state index in [4.69, 9.17) is 11.6 Å². The highest BCUT2D eigenvalue weighted by Crippen LogP contribution is 2.36. The number of hydrogen-bond donors (Lipinski definition) is 1. The maximum Gasteiger partial charge on any atom is 0.233 e. The average molecular weight is 452 g/mol. The minimum atomic E-state index is -1.16. The molecule has 1 fully saturated rings. The molecule has 1 N–H and O–H groups in total. The van der Waals surface area contributed by atoms with Crippen LogP contribution in [0.4, 0.5) is 5.82 Å². The van der Waals surface area contributed by atoms with Crippen molar-refractivity contribution in [2.75, 3.05) is 17.8 Å². The third kappa shape index (κ3) is 6.03. The molecule has 0 radical (unpaired) electrons. The van der Waals surface area contributed by atoms with Crippen molar-refractivity contribution in [1.29, 1.82) is 0 Å². The number of nitrogens with zero attached hydrogens (tertiary/aromatic N) is 2. The van der Waals surface area contributed by atoms with Gasteiger partial charge in [0, 0.05) is 12.0 Å². The number of hydrogen-bond acceptors (Lipinski definition) is 5. The number of carbonyl (C=O) groups excluding carboxylic acids is 1. The highest BCUT2D eigenvalue weighted by Gasteiger charge is 2.27. The number of benzene rings is 1. The molecule has 2 atom stereocenters. The molecule has 1 aliphatic carbocycles. The zero-order valence-corrected chi connectivity index (χ0v) is 19.1. The summed E-state index contributed by atoms with van der Waals surface area (Å²) in [7, 11) is -1.16. The van der Waals surface area contributed by atoms with Gasteiger partial charge in [-0.15, -0.1) is 0 Å². The molecule has 1 aromatic carbocycles. The zero-order chi connectivity index (χ0) is 20.8. The van der Waals surface area contributed by atoms with Gasteiger partial charge in [0.1, 0.15) is 0 Å². The van der Waals surface area contributed by atoms with Gasteiger partial charge in [-0.2, -0.15) is 11.8 Å². The van der Waals surface area contributed by atoms with Crippen LogP contribution in [0.15, 0.2) is 35.5 Å². The summed E-state index contributed by atoms with van der Waals surface area (Å²) in [5.74, 6) is 1.33. The van der Waals surface area contributed by atoms with E-state index in [1.165, 1.54) is 12.8 Å². The summed E-state index contributed by atoms with van der Waals surface area (Å²) < 4.78 is 11.8. The van der Waals surface area contributed by atoms with Crippen LogP contribution in [0.3, 0.4) is 0 Å². The van der Waals surface area contributed by atoms with E-state index < -0.39 is 10.8 Å². The van der Waals surface area contributed by atoms with Gasteiger partial charge in [0.25, 0.3) is 0 Å². The van der Waals surface area contributed by atoms with Crippen LogP contribution in [0.5, 0.6) is 0 Å². The molecule has 0 saturated heterocycles. The lowest BCUT2D eigenvalue weighted by Crippen LogP contribution is -2.24. The van der Waals surface area contributed by atoms with Gasteiger partial charge in [0.05, 0.1) is 44.7 Å². The molecule has 5 nitrogen and oxygen atoms in total. The van der Waals surface area contributed by atoms with Crippen LogP contribution in [-0.2, 0) is 21.3 Å². The van der Waals surface area contributed by atoms with Gasteiger partial charge in [0.2, 0.25) is 5.91 Å². The van der Waals surface area contributed by atoms with Gasteiger partial charge < -0.3 is 5.32 Å². The first kappa shape index (κ1) is 22.2. The molecule has 2 unspecified atom stereocenters. The van der Waals surface area contributed by atoms with Crippen LogP contribution in [0, 0.1) is 5.92 Å². The molecule has 1 heterocycles. The second-order valence-electron chi connectivity index (χ2n) is 7.40. The van der Waals surface area contributed by atoms with E-state index in [0.29, 0.717) is 21.7 Å². The Morgan fingerprint density at radius 2 is 2.07 bits per heavy atom. The molecule has 1 aromatic heterocycles. The molecular weight excluding hydrogens is 426 g/mol. The third-order valence-corrected chi connectivity index (χ3v) is 7.26. The second kappa shape index (κ2) is 10.5. The Labute approximate surface area is 183 Å². The molecule has 2 aromatic rings. The SMILES string of the molecule is CSCc1cnc(NC(=O)C(CC2CCCC2)c2ccc(S(C)=O)c(Cl)c2)cn1. The number of halogens is 1. The standard InChI is InChI=1S/C21H26ClN3O2S2/c1-28-13-16-11-24-20(12-23-16)25-21(26)17(9-14-5-3-4-6-14)15-7-8-19(29(2)27)18(22)10-15/h7-8,10-12,14,17H,3-6,9,13H2,1-2H3,(H,24,25,26). The monoisotopic (exact) mass is 451 g/mol. The number of rotatable bonds is 8. The van der Waals surface area contributed by atoms with Gasteiger partial charge >= 0.3 is 0 Å². The van der Waals surface area contributed by atoms with Crippen molar-refractivity contribution in [3.63, 3.8) is 0 Å². The topological polar surface area (TPSA) is 72.0 Å². The second-order valence-corrected chi connectivity index (χ2v) is 10.0. The lowest BCUT2D eigenvalue weighted by molar-refractivity contribution is -0.118. The van der Waals surface area contributed by atoms with Gasteiger partial charge in [-0.05, 0) is 36.3 Å². The van der Waals surface area contributed by atoms with Crippen molar-refractivity contribution >= 4 is 45.9 Å². The molecule has 1 amide bonds. The van der Waals surface area contributed by atoms with E-state index in [1.807, 2.05) is 12.3 Å². The van der Waals surface area contributed by atoms with Crippen LogP contribution < -0.4 is 5.32 Å². The van der Waals surface area contributed by atoms with Crippen molar-refractivity contribution in [2.45, 2.75) is 48.7 Å². The molecule has 0 bridgehead atoms. The van der Waals surface area contributed by atoms with E-state index >= 15 is 0 Å². The molecule has 0 aliphatic heterocycles. The molecule has 3 rings (SSSR count). The van der Waals surface area contributed by atoms with E-state index in [1.54, 1.807) is 42.5 Å². The summed E-state index contributed by atoms with van der Waals surface area (Å²) in [6.07, 6.45) is 12.4. The van der Waals surface area contributed by atoms with Crippen molar-refractivity contribution in [2.24, 2.45) is 5.92 Å².